The number of amides is 1. The van der Waals surface area contributed by atoms with Crippen molar-refractivity contribution in [3.8, 4) is 0 Å². The molecule has 0 unspecified atom stereocenters. The number of rotatable bonds is 3. The van der Waals surface area contributed by atoms with Gasteiger partial charge in [0, 0.05) is 17.5 Å². The molecule has 0 fully saturated rings. The first-order valence-corrected chi connectivity index (χ1v) is 8.74. The Morgan fingerprint density at radius 3 is 3.05 bits per heavy atom. The number of carbonyl (C=O) groups excluding carboxylic acids is 1. The highest BCUT2D eigenvalue weighted by atomic mass is 35.5. The van der Waals surface area contributed by atoms with Crippen molar-refractivity contribution in [1.29, 1.82) is 0 Å². The first kappa shape index (κ1) is 15.8. The first-order valence-electron chi connectivity index (χ1n) is 7.10. The van der Waals surface area contributed by atoms with Gasteiger partial charge in [-0.2, -0.15) is 0 Å². The van der Waals surface area contributed by atoms with Crippen LogP contribution in [0.15, 0.2) is 29.6 Å². The van der Waals surface area contributed by atoms with Crippen molar-refractivity contribution in [2.45, 2.75) is 19.4 Å². The summed E-state index contributed by atoms with van der Waals surface area (Å²) < 4.78 is 0. The Balaban J connectivity index is 1.67. The minimum atomic E-state index is -0.0744. The van der Waals surface area contributed by atoms with Crippen molar-refractivity contribution in [3.63, 3.8) is 0 Å². The zero-order valence-corrected chi connectivity index (χ0v) is 14.4. The quantitative estimate of drug-likeness (QED) is 0.872. The lowest BCUT2D eigenvalue weighted by atomic mass is 10.0. The summed E-state index contributed by atoms with van der Waals surface area (Å²) in [5.41, 5.74) is 1.89. The van der Waals surface area contributed by atoms with E-state index in [9.17, 15) is 4.79 Å². The molecule has 3 nitrogen and oxygen atoms in total. The molecule has 0 saturated carbocycles. The minimum absolute atomic E-state index is 0.0744. The standard InChI is InChI=1S/C16H16Cl2N2OS/c1-10-11-6-8-22-14(11)5-7-20(10)9-15(21)19-13-4-2-3-12(17)16(13)18/h2-4,6,8,10H,5,7,9H2,1H3,(H,19,21)/t10-/m1/s1. The second-order valence-electron chi connectivity index (χ2n) is 5.35. The lowest BCUT2D eigenvalue weighted by Crippen LogP contribution is -2.39. The fourth-order valence-corrected chi connectivity index (χ4v) is 4.06. The molecule has 2 heterocycles. The molecule has 1 atom stereocenters. The van der Waals surface area contributed by atoms with E-state index in [1.165, 1.54) is 10.4 Å². The molecule has 22 heavy (non-hydrogen) atoms. The summed E-state index contributed by atoms with van der Waals surface area (Å²) in [4.78, 5) is 15.9. The SMILES string of the molecule is C[C@@H]1c2ccsc2CCN1CC(=O)Nc1cccc(Cl)c1Cl. The molecular weight excluding hydrogens is 339 g/mol. The Kier molecular flexibility index (Phi) is 4.73. The van der Waals surface area contributed by atoms with Gasteiger partial charge in [-0.1, -0.05) is 29.3 Å². The van der Waals surface area contributed by atoms with Gasteiger partial charge in [-0.05, 0) is 42.5 Å². The summed E-state index contributed by atoms with van der Waals surface area (Å²) >= 11 is 13.9. The van der Waals surface area contributed by atoms with Crippen LogP contribution in [0.4, 0.5) is 5.69 Å². The molecule has 1 aliphatic heterocycles. The van der Waals surface area contributed by atoms with Crippen LogP contribution in [0.5, 0.6) is 0 Å². The van der Waals surface area contributed by atoms with Gasteiger partial charge in [0.25, 0.3) is 0 Å². The Morgan fingerprint density at radius 2 is 2.23 bits per heavy atom. The van der Waals surface area contributed by atoms with Gasteiger partial charge in [0.2, 0.25) is 5.91 Å². The molecule has 1 amide bonds. The number of halogens is 2. The van der Waals surface area contributed by atoms with Crippen LogP contribution in [-0.4, -0.2) is 23.9 Å². The van der Waals surface area contributed by atoms with Gasteiger partial charge < -0.3 is 5.32 Å². The van der Waals surface area contributed by atoms with Gasteiger partial charge in [-0.15, -0.1) is 11.3 Å². The summed E-state index contributed by atoms with van der Waals surface area (Å²) in [7, 11) is 0. The largest absolute Gasteiger partial charge is 0.324 e. The van der Waals surface area contributed by atoms with Crippen LogP contribution in [0.25, 0.3) is 0 Å². The highest BCUT2D eigenvalue weighted by molar-refractivity contribution is 7.10. The third-order valence-electron chi connectivity index (χ3n) is 3.98. The molecule has 3 rings (SSSR count). The third-order valence-corrected chi connectivity index (χ3v) is 5.79. The lowest BCUT2D eigenvalue weighted by molar-refractivity contribution is -0.117. The fourth-order valence-electron chi connectivity index (χ4n) is 2.75. The maximum atomic E-state index is 12.3. The van der Waals surface area contributed by atoms with Crippen LogP contribution in [0.2, 0.25) is 10.0 Å². The predicted molar refractivity (Wildman–Crippen MR) is 93.1 cm³/mol. The number of thiophene rings is 1. The predicted octanol–water partition coefficient (Wildman–Crippen LogP) is 4.61. The maximum absolute atomic E-state index is 12.3. The molecule has 0 saturated heterocycles. The van der Waals surface area contributed by atoms with Crippen molar-refractivity contribution in [3.05, 3.63) is 50.1 Å². The third kappa shape index (κ3) is 3.15. The molecule has 1 aliphatic rings. The Hall–Kier alpha value is -1.07. The first-order chi connectivity index (χ1) is 10.6. The Morgan fingerprint density at radius 1 is 1.41 bits per heavy atom. The highest BCUT2D eigenvalue weighted by Crippen LogP contribution is 2.33. The molecule has 2 aromatic rings. The van der Waals surface area contributed by atoms with Crippen LogP contribution in [0, 0.1) is 0 Å². The fraction of sp³-hybridized carbons (Fsp3) is 0.312. The van der Waals surface area contributed by atoms with Crippen LogP contribution in [0.1, 0.15) is 23.4 Å². The summed E-state index contributed by atoms with van der Waals surface area (Å²) in [5.74, 6) is -0.0744. The van der Waals surface area contributed by atoms with Crippen LogP contribution >= 0.6 is 34.5 Å². The van der Waals surface area contributed by atoms with E-state index >= 15 is 0 Å². The molecule has 116 valence electrons. The maximum Gasteiger partial charge on any atom is 0.238 e. The minimum Gasteiger partial charge on any atom is -0.324 e. The van der Waals surface area contributed by atoms with Gasteiger partial charge in [-0.3, -0.25) is 9.69 Å². The molecule has 1 aromatic carbocycles. The van der Waals surface area contributed by atoms with E-state index in [1.54, 1.807) is 29.5 Å². The van der Waals surface area contributed by atoms with Gasteiger partial charge in [-0.25, -0.2) is 0 Å². The molecule has 0 spiro atoms. The zero-order chi connectivity index (χ0) is 15.7. The molecule has 1 aromatic heterocycles. The van der Waals surface area contributed by atoms with E-state index in [0.29, 0.717) is 22.3 Å². The van der Waals surface area contributed by atoms with E-state index in [2.05, 4.69) is 28.6 Å². The monoisotopic (exact) mass is 354 g/mol. The Labute approximate surface area is 143 Å². The molecule has 6 heteroatoms. The van der Waals surface area contributed by atoms with Crippen LogP contribution in [0.3, 0.4) is 0 Å². The van der Waals surface area contributed by atoms with E-state index in [1.807, 2.05) is 0 Å². The number of carbonyl (C=O) groups is 1. The van der Waals surface area contributed by atoms with E-state index in [0.717, 1.165) is 13.0 Å². The van der Waals surface area contributed by atoms with Gasteiger partial charge in [0.15, 0.2) is 0 Å². The van der Waals surface area contributed by atoms with Gasteiger partial charge in [0.1, 0.15) is 0 Å². The van der Waals surface area contributed by atoms with Gasteiger partial charge in [0.05, 0.1) is 22.3 Å². The topological polar surface area (TPSA) is 32.3 Å². The smallest absolute Gasteiger partial charge is 0.238 e. The zero-order valence-electron chi connectivity index (χ0n) is 12.1. The van der Waals surface area contributed by atoms with Crippen molar-refractivity contribution >= 4 is 46.1 Å². The summed E-state index contributed by atoms with van der Waals surface area (Å²) in [6, 6.07) is 7.64. The molecular formula is C16H16Cl2N2OS. The number of hydrogen-bond acceptors (Lipinski definition) is 3. The average molecular weight is 355 g/mol. The number of anilines is 1. The second-order valence-corrected chi connectivity index (χ2v) is 7.13. The van der Waals surface area contributed by atoms with Crippen molar-refractivity contribution in [2.24, 2.45) is 0 Å². The summed E-state index contributed by atoms with van der Waals surface area (Å²) in [6.07, 6.45) is 1.00. The summed E-state index contributed by atoms with van der Waals surface area (Å²) in [6.45, 7) is 3.38. The summed E-state index contributed by atoms with van der Waals surface area (Å²) in [5, 5.41) is 5.78. The number of hydrogen-bond donors (Lipinski definition) is 1. The van der Waals surface area contributed by atoms with E-state index < -0.39 is 0 Å². The van der Waals surface area contributed by atoms with Crippen molar-refractivity contribution in [1.82, 2.24) is 4.90 Å². The van der Waals surface area contributed by atoms with Crippen LogP contribution < -0.4 is 5.32 Å². The molecule has 1 N–H and O–H groups in total. The number of benzene rings is 1. The lowest BCUT2D eigenvalue weighted by Gasteiger charge is -2.32. The molecule has 0 aliphatic carbocycles. The number of nitrogens with one attached hydrogen (secondary N) is 1. The van der Waals surface area contributed by atoms with Crippen LogP contribution in [-0.2, 0) is 11.2 Å². The number of nitrogens with zero attached hydrogens (tertiary/aromatic N) is 1. The molecule has 0 radical (unpaired) electrons. The second kappa shape index (κ2) is 6.59. The number of fused-ring (bicyclic) bond motifs is 1. The Bertz CT molecular complexity index is 701. The molecule has 0 bridgehead atoms. The van der Waals surface area contributed by atoms with Crippen molar-refractivity contribution < 1.29 is 4.79 Å². The van der Waals surface area contributed by atoms with E-state index in [-0.39, 0.29) is 11.9 Å². The average Bonchev–Trinajstić information content (AvgIpc) is 2.96. The normalized spacial score (nSPS) is 18.0. The highest BCUT2D eigenvalue weighted by Gasteiger charge is 2.26. The van der Waals surface area contributed by atoms with Crippen molar-refractivity contribution in [2.75, 3.05) is 18.4 Å². The van der Waals surface area contributed by atoms with E-state index in [4.69, 9.17) is 23.2 Å². The van der Waals surface area contributed by atoms with Gasteiger partial charge >= 0.3 is 0 Å².